The second-order valence-electron chi connectivity index (χ2n) is 6.82. The summed E-state index contributed by atoms with van der Waals surface area (Å²) >= 11 is 0. The van der Waals surface area contributed by atoms with E-state index in [4.69, 9.17) is 9.47 Å². The Bertz CT molecular complexity index is 976. The standard InChI is InChI=1S/C22H23N3O3/c1-27-18-9-5-16(6-10-18)20-14-24(22-4-3-13-25(20)22)15-21(26)23-17-7-11-19(28-2)12-8-17/h5-12,14H,3-4,13,15H2,1-2H3/p+1. The van der Waals surface area contributed by atoms with Crippen LogP contribution in [-0.4, -0.2) is 24.7 Å². The number of benzene rings is 2. The molecule has 4 rings (SSSR count). The largest absolute Gasteiger partial charge is 0.497 e. The van der Waals surface area contributed by atoms with Gasteiger partial charge in [0.05, 0.1) is 27.2 Å². The highest BCUT2D eigenvalue weighted by atomic mass is 16.5. The fraction of sp³-hybridized carbons (Fsp3) is 0.273. The zero-order valence-corrected chi connectivity index (χ0v) is 16.1. The number of carbonyl (C=O) groups excluding carboxylic acids is 1. The molecule has 0 bridgehead atoms. The van der Waals surface area contributed by atoms with Gasteiger partial charge in [0.15, 0.2) is 12.2 Å². The van der Waals surface area contributed by atoms with Gasteiger partial charge in [-0.1, -0.05) is 0 Å². The Morgan fingerprint density at radius 2 is 1.68 bits per heavy atom. The van der Waals surface area contributed by atoms with Crippen molar-refractivity contribution in [3.63, 3.8) is 0 Å². The Morgan fingerprint density at radius 1 is 1.04 bits per heavy atom. The first-order valence-corrected chi connectivity index (χ1v) is 9.38. The third kappa shape index (κ3) is 3.58. The monoisotopic (exact) mass is 378 g/mol. The van der Waals surface area contributed by atoms with Crippen molar-refractivity contribution in [2.24, 2.45) is 0 Å². The first-order chi connectivity index (χ1) is 13.7. The minimum Gasteiger partial charge on any atom is -0.497 e. The number of hydrogen-bond acceptors (Lipinski definition) is 3. The van der Waals surface area contributed by atoms with E-state index in [1.165, 1.54) is 5.82 Å². The van der Waals surface area contributed by atoms with E-state index in [1.54, 1.807) is 14.2 Å². The highest BCUT2D eigenvalue weighted by molar-refractivity contribution is 5.89. The third-order valence-electron chi connectivity index (χ3n) is 5.07. The number of anilines is 1. The van der Waals surface area contributed by atoms with Crippen LogP contribution in [0, 0.1) is 0 Å². The van der Waals surface area contributed by atoms with Gasteiger partial charge in [0.1, 0.15) is 17.7 Å². The highest BCUT2D eigenvalue weighted by Crippen LogP contribution is 2.26. The van der Waals surface area contributed by atoms with Gasteiger partial charge in [0, 0.05) is 11.3 Å². The van der Waals surface area contributed by atoms with Gasteiger partial charge in [-0.05, 0) is 55.0 Å². The molecule has 144 valence electrons. The summed E-state index contributed by atoms with van der Waals surface area (Å²) in [4.78, 5) is 12.6. The van der Waals surface area contributed by atoms with E-state index in [2.05, 4.69) is 32.8 Å². The minimum absolute atomic E-state index is 0.0447. The average Bonchev–Trinajstić information content (AvgIpc) is 3.33. The Kier molecular flexibility index (Phi) is 5.02. The van der Waals surface area contributed by atoms with Crippen LogP contribution in [0.3, 0.4) is 0 Å². The second-order valence-corrected chi connectivity index (χ2v) is 6.82. The molecule has 1 N–H and O–H groups in total. The van der Waals surface area contributed by atoms with Crippen molar-refractivity contribution in [1.82, 2.24) is 4.57 Å². The van der Waals surface area contributed by atoms with Crippen molar-refractivity contribution in [2.75, 3.05) is 19.5 Å². The summed E-state index contributed by atoms with van der Waals surface area (Å²) in [5, 5.41) is 2.96. The summed E-state index contributed by atoms with van der Waals surface area (Å²) in [7, 11) is 3.29. The zero-order valence-electron chi connectivity index (χ0n) is 16.1. The summed E-state index contributed by atoms with van der Waals surface area (Å²) in [6.07, 6.45) is 4.15. The van der Waals surface area contributed by atoms with Crippen molar-refractivity contribution in [2.45, 2.75) is 25.9 Å². The fourth-order valence-electron chi connectivity index (χ4n) is 3.67. The summed E-state index contributed by atoms with van der Waals surface area (Å²) < 4.78 is 14.8. The second kappa shape index (κ2) is 7.76. The molecule has 0 saturated heterocycles. The third-order valence-corrected chi connectivity index (χ3v) is 5.07. The predicted molar refractivity (Wildman–Crippen MR) is 107 cm³/mol. The van der Waals surface area contributed by atoms with Crippen molar-refractivity contribution >= 4 is 11.6 Å². The van der Waals surface area contributed by atoms with Crippen molar-refractivity contribution in [3.05, 3.63) is 60.6 Å². The molecule has 0 spiro atoms. The van der Waals surface area contributed by atoms with Gasteiger partial charge < -0.3 is 14.8 Å². The summed E-state index contributed by atoms with van der Waals surface area (Å²) in [6, 6.07) is 15.4. The number of nitrogens with zero attached hydrogens (tertiary/aromatic N) is 2. The van der Waals surface area contributed by atoms with E-state index in [1.807, 2.05) is 36.4 Å². The lowest BCUT2D eigenvalue weighted by atomic mass is 10.1. The van der Waals surface area contributed by atoms with Gasteiger partial charge in [-0.2, -0.15) is 0 Å². The number of rotatable bonds is 6. The van der Waals surface area contributed by atoms with Crippen LogP contribution in [0.4, 0.5) is 5.69 Å². The molecule has 1 aliphatic heterocycles. The van der Waals surface area contributed by atoms with E-state index in [9.17, 15) is 4.79 Å². The number of nitrogens with one attached hydrogen (secondary N) is 1. The molecule has 0 saturated carbocycles. The summed E-state index contributed by atoms with van der Waals surface area (Å²) in [5.74, 6) is 2.75. The lowest BCUT2D eigenvalue weighted by Gasteiger charge is -2.05. The maximum atomic E-state index is 12.6. The molecule has 0 atom stereocenters. The summed E-state index contributed by atoms with van der Waals surface area (Å²) in [5.41, 5.74) is 3.02. The topological polar surface area (TPSA) is 56.4 Å². The molecule has 1 amide bonds. The predicted octanol–water partition coefficient (Wildman–Crippen LogP) is 3.04. The molecule has 1 aromatic heterocycles. The molecule has 3 aromatic rings. The normalized spacial score (nSPS) is 12.5. The van der Waals surface area contributed by atoms with Crippen LogP contribution in [0.2, 0.25) is 0 Å². The van der Waals surface area contributed by atoms with Gasteiger partial charge in [0.25, 0.3) is 11.7 Å². The van der Waals surface area contributed by atoms with Gasteiger partial charge in [-0.25, -0.2) is 9.13 Å². The molecule has 28 heavy (non-hydrogen) atoms. The molecule has 6 heteroatoms. The smallest absolute Gasteiger partial charge is 0.266 e. The van der Waals surface area contributed by atoms with E-state index in [0.29, 0.717) is 0 Å². The first kappa shape index (κ1) is 18.1. The molecule has 0 aliphatic carbocycles. The van der Waals surface area contributed by atoms with Gasteiger partial charge in [-0.3, -0.25) is 4.79 Å². The lowest BCUT2D eigenvalue weighted by Crippen LogP contribution is -2.42. The Hall–Kier alpha value is -3.28. The van der Waals surface area contributed by atoms with Crippen LogP contribution in [0.5, 0.6) is 11.5 Å². The van der Waals surface area contributed by atoms with Crippen LogP contribution >= 0.6 is 0 Å². The zero-order chi connectivity index (χ0) is 19.5. The quantitative estimate of drug-likeness (QED) is 0.671. The summed E-state index contributed by atoms with van der Waals surface area (Å²) in [6.45, 7) is 1.27. The molecule has 2 heterocycles. The van der Waals surface area contributed by atoms with Crippen molar-refractivity contribution in [3.8, 4) is 22.8 Å². The van der Waals surface area contributed by atoms with Gasteiger partial charge >= 0.3 is 0 Å². The van der Waals surface area contributed by atoms with Crippen molar-refractivity contribution < 1.29 is 18.8 Å². The van der Waals surface area contributed by atoms with Crippen LogP contribution < -0.4 is 19.4 Å². The number of carbonyl (C=O) groups is 1. The van der Waals surface area contributed by atoms with Gasteiger partial charge in [0.2, 0.25) is 0 Å². The molecule has 2 aromatic carbocycles. The fourth-order valence-corrected chi connectivity index (χ4v) is 3.67. The molecule has 0 unspecified atom stereocenters. The highest BCUT2D eigenvalue weighted by Gasteiger charge is 2.29. The molecule has 0 radical (unpaired) electrons. The molecule has 0 fully saturated rings. The minimum atomic E-state index is -0.0447. The number of fused-ring (bicyclic) bond motifs is 1. The Labute approximate surface area is 164 Å². The molecular weight excluding hydrogens is 354 g/mol. The number of methoxy groups -OCH3 is 2. The molecular formula is C22H24N3O3+. The number of imidazole rings is 1. The average molecular weight is 378 g/mol. The van der Waals surface area contributed by atoms with Gasteiger partial charge in [-0.15, -0.1) is 0 Å². The lowest BCUT2D eigenvalue weighted by molar-refractivity contribution is -0.690. The number of ether oxygens (including phenoxy) is 2. The molecule has 1 aliphatic rings. The number of aromatic nitrogens is 2. The van der Waals surface area contributed by atoms with E-state index < -0.39 is 0 Å². The van der Waals surface area contributed by atoms with Crippen LogP contribution in [0.15, 0.2) is 54.7 Å². The molecule has 6 nitrogen and oxygen atoms in total. The van der Waals surface area contributed by atoms with Crippen LogP contribution in [0.1, 0.15) is 12.2 Å². The van der Waals surface area contributed by atoms with Crippen molar-refractivity contribution in [1.29, 1.82) is 0 Å². The number of amides is 1. The number of hydrogen-bond donors (Lipinski definition) is 1. The Balaban J connectivity index is 1.53. The maximum Gasteiger partial charge on any atom is 0.266 e. The van der Waals surface area contributed by atoms with E-state index >= 15 is 0 Å². The van der Waals surface area contributed by atoms with E-state index in [-0.39, 0.29) is 12.5 Å². The first-order valence-electron chi connectivity index (χ1n) is 9.38. The Morgan fingerprint density at radius 3 is 2.32 bits per heavy atom. The van der Waals surface area contributed by atoms with Crippen LogP contribution in [0.25, 0.3) is 11.3 Å². The van der Waals surface area contributed by atoms with Crippen LogP contribution in [-0.2, 0) is 24.3 Å². The maximum absolute atomic E-state index is 12.6. The SMILES string of the molecule is COc1ccc(NC(=O)C[n+]2cc(-c3ccc(OC)cc3)n3c2CCC3)cc1. The van der Waals surface area contributed by atoms with E-state index in [0.717, 1.165) is 47.8 Å².